The van der Waals surface area contributed by atoms with E-state index >= 15 is 0 Å². The van der Waals surface area contributed by atoms with E-state index in [1.54, 1.807) is 22.5 Å². The second-order valence-corrected chi connectivity index (χ2v) is 10.7. The molecule has 0 aliphatic carbocycles. The summed E-state index contributed by atoms with van der Waals surface area (Å²) >= 11 is 5.35. The predicted molar refractivity (Wildman–Crippen MR) is 129 cm³/mol. The number of carbonyl (C=O) groups excluding carboxylic acids is 1. The van der Waals surface area contributed by atoms with Crippen LogP contribution in [0.3, 0.4) is 0 Å². The van der Waals surface area contributed by atoms with Crippen molar-refractivity contribution in [2.24, 2.45) is 0 Å². The van der Waals surface area contributed by atoms with Crippen LogP contribution < -0.4 is 0 Å². The van der Waals surface area contributed by atoms with Crippen LogP contribution >= 0.6 is 12.2 Å². The zero-order valence-corrected chi connectivity index (χ0v) is 20.5. The van der Waals surface area contributed by atoms with E-state index in [2.05, 4.69) is 10.2 Å². The Kier molecular flexibility index (Phi) is 6.51. The van der Waals surface area contributed by atoms with Crippen molar-refractivity contribution < 1.29 is 13.2 Å². The Labute approximate surface area is 198 Å². The average molecular weight is 486 g/mol. The lowest BCUT2D eigenvalue weighted by molar-refractivity contribution is -0.133. The number of aromatic nitrogens is 3. The molecule has 3 aromatic rings. The number of H-pyrrole nitrogens is 1. The van der Waals surface area contributed by atoms with Crippen LogP contribution in [-0.4, -0.2) is 64.5 Å². The zero-order chi connectivity index (χ0) is 23.8. The highest BCUT2D eigenvalue weighted by Gasteiger charge is 2.31. The smallest absolute Gasteiger partial charge is 0.243 e. The molecular formula is C23H27N5O3S2. The number of nitrogens with one attached hydrogen (secondary N) is 1. The largest absolute Gasteiger partial charge is 0.338 e. The maximum atomic E-state index is 13.2. The molecule has 10 heteroatoms. The fraction of sp³-hybridized carbons (Fsp3) is 0.348. The Balaban J connectivity index is 1.46. The van der Waals surface area contributed by atoms with Gasteiger partial charge in [0.05, 0.1) is 4.90 Å². The highest BCUT2D eigenvalue weighted by atomic mass is 32.2. The van der Waals surface area contributed by atoms with Crippen molar-refractivity contribution in [1.82, 2.24) is 24.0 Å². The van der Waals surface area contributed by atoms with E-state index in [1.807, 2.05) is 50.2 Å². The van der Waals surface area contributed by atoms with Gasteiger partial charge < -0.3 is 4.90 Å². The van der Waals surface area contributed by atoms with Crippen LogP contribution in [0.25, 0.3) is 11.4 Å². The van der Waals surface area contributed by atoms with Gasteiger partial charge in [0.2, 0.25) is 15.9 Å². The van der Waals surface area contributed by atoms with Gasteiger partial charge in [0.15, 0.2) is 10.6 Å². The highest BCUT2D eigenvalue weighted by Crippen LogP contribution is 2.23. The molecular weight excluding hydrogens is 458 g/mol. The Hall–Kier alpha value is -2.82. The molecule has 2 aromatic carbocycles. The Morgan fingerprint density at radius 3 is 2.30 bits per heavy atom. The van der Waals surface area contributed by atoms with Crippen molar-refractivity contribution in [3.8, 4) is 11.4 Å². The molecule has 33 heavy (non-hydrogen) atoms. The Bertz CT molecular complexity index is 1340. The van der Waals surface area contributed by atoms with Crippen LogP contribution in [0.15, 0.2) is 47.4 Å². The van der Waals surface area contributed by atoms with E-state index < -0.39 is 10.0 Å². The maximum Gasteiger partial charge on any atom is 0.243 e. The van der Waals surface area contributed by atoms with Gasteiger partial charge in [-0.25, -0.2) is 8.42 Å². The Morgan fingerprint density at radius 2 is 1.64 bits per heavy atom. The summed E-state index contributed by atoms with van der Waals surface area (Å²) in [5.74, 6) is 0.481. The number of carbonyl (C=O) groups is 1. The van der Waals surface area contributed by atoms with Crippen molar-refractivity contribution in [2.75, 3.05) is 26.2 Å². The number of nitrogens with zero attached hydrogens (tertiary/aromatic N) is 4. The fourth-order valence-corrected chi connectivity index (χ4v) is 5.85. The molecule has 1 fully saturated rings. The topological polar surface area (TPSA) is 91.3 Å². The molecule has 0 bridgehead atoms. The lowest BCUT2D eigenvalue weighted by Crippen LogP contribution is -2.51. The molecule has 1 aromatic heterocycles. The second-order valence-electron chi connectivity index (χ2n) is 8.36. The molecule has 2 heterocycles. The molecule has 0 unspecified atom stereocenters. The summed E-state index contributed by atoms with van der Waals surface area (Å²) in [4.78, 5) is 15.0. The molecule has 174 valence electrons. The summed E-state index contributed by atoms with van der Waals surface area (Å²) in [6.07, 6.45) is 0. The third kappa shape index (κ3) is 4.78. The van der Waals surface area contributed by atoms with E-state index in [-0.39, 0.29) is 25.5 Å². The quantitative estimate of drug-likeness (QED) is 0.561. The van der Waals surface area contributed by atoms with E-state index in [9.17, 15) is 13.2 Å². The van der Waals surface area contributed by atoms with Gasteiger partial charge >= 0.3 is 0 Å². The third-order valence-electron chi connectivity index (χ3n) is 5.91. The summed E-state index contributed by atoms with van der Waals surface area (Å²) < 4.78 is 29.8. The van der Waals surface area contributed by atoms with Crippen LogP contribution in [0.4, 0.5) is 0 Å². The number of amides is 1. The second kappa shape index (κ2) is 9.20. The molecule has 1 aliphatic heterocycles. The first-order chi connectivity index (χ1) is 15.7. The first kappa shape index (κ1) is 23.3. The molecule has 0 radical (unpaired) electrons. The number of rotatable bonds is 5. The van der Waals surface area contributed by atoms with Crippen molar-refractivity contribution in [3.63, 3.8) is 0 Å². The molecule has 4 rings (SSSR count). The summed E-state index contributed by atoms with van der Waals surface area (Å²) in [6, 6.07) is 13.3. The van der Waals surface area contributed by atoms with Gasteiger partial charge in [0.1, 0.15) is 6.54 Å². The minimum absolute atomic E-state index is 0.0439. The number of benzene rings is 2. The van der Waals surface area contributed by atoms with Crippen molar-refractivity contribution >= 4 is 28.1 Å². The molecule has 1 saturated heterocycles. The number of hydrogen-bond acceptors (Lipinski definition) is 5. The van der Waals surface area contributed by atoms with E-state index in [0.29, 0.717) is 28.6 Å². The molecule has 0 saturated carbocycles. The molecule has 0 spiro atoms. The van der Waals surface area contributed by atoms with Gasteiger partial charge in [-0.2, -0.15) is 9.40 Å². The van der Waals surface area contributed by atoms with Gasteiger partial charge in [-0.3, -0.25) is 14.5 Å². The number of aryl methyl sites for hydroxylation is 3. The molecule has 1 N–H and O–H groups in total. The summed E-state index contributed by atoms with van der Waals surface area (Å²) in [5, 5.41) is 7.07. The lowest BCUT2D eigenvalue weighted by atomic mass is 10.1. The van der Waals surface area contributed by atoms with Crippen LogP contribution in [0.2, 0.25) is 0 Å². The number of aromatic amines is 1. The van der Waals surface area contributed by atoms with E-state index in [1.165, 1.54) is 4.31 Å². The summed E-state index contributed by atoms with van der Waals surface area (Å²) in [7, 11) is -3.61. The zero-order valence-electron chi connectivity index (χ0n) is 18.9. The SMILES string of the molecule is Cc1ccc(-c2n[nH]c(=S)n2CC(=O)N2CCN(S(=O)(=O)c3cc(C)ccc3C)CC2)cc1. The summed E-state index contributed by atoms with van der Waals surface area (Å²) in [5.41, 5.74) is 3.61. The van der Waals surface area contributed by atoms with E-state index in [4.69, 9.17) is 12.2 Å². The molecule has 0 atom stereocenters. The highest BCUT2D eigenvalue weighted by molar-refractivity contribution is 7.89. The van der Waals surface area contributed by atoms with Crippen LogP contribution in [0.5, 0.6) is 0 Å². The average Bonchev–Trinajstić information content (AvgIpc) is 3.16. The first-order valence-electron chi connectivity index (χ1n) is 10.7. The van der Waals surface area contributed by atoms with Crippen molar-refractivity contribution in [2.45, 2.75) is 32.2 Å². The van der Waals surface area contributed by atoms with Crippen LogP contribution in [0.1, 0.15) is 16.7 Å². The van der Waals surface area contributed by atoms with Gasteiger partial charge in [0.25, 0.3) is 0 Å². The van der Waals surface area contributed by atoms with Gasteiger partial charge in [-0.1, -0.05) is 42.0 Å². The molecule has 1 aliphatic rings. The van der Waals surface area contributed by atoms with Crippen molar-refractivity contribution in [1.29, 1.82) is 0 Å². The standard InChI is InChI=1S/C23H27N5O3S2/c1-16-5-8-19(9-6-16)22-24-25-23(32)28(22)15-21(29)26-10-12-27(13-11-26)33(30,31)20-14-17(2)4-7-18(20)3/h4-9,14H,10-13,15H2,1-3H3,(H,25,32). The third-order valence-corrected chi connectivity index (χ3v) is 8.27. The summed E-state index contributed by atoms with van der Waals surface area (Å²) in [6.45, 7) is 6.88. The number of piperazine rings is 1. The first-order valence-corrected chi connectivity index (χ1v) is 12.6. The number of sulfonamides is 1. The predicted octanol–water partition coefficient (Wildman–Crippen LogP) is 3.07. The molecule has 1 amide bonds. The maximum absolute atomic E-state index is 13.2. The minimum Gasteiger partial charge on any atom is -0.338 e. The normalized spacial score (nSPS) is 15.1. The van der Waals surface area contributed by atoms with E-state index in [0.717, 1.165) is 22.3 Å². The minimum atomic E-state index is -3.61. The Morgan fingerprint density at radius 1 is 1.00 bits per heavy atom. The lowest BCUT2D eigenvalue weighted by Gasteiger charge is -2.34. The molecule has 8 nitrogen and oxygen atoms in total. The fourth-order valence-electron chi connectivity index (χ4n) is 3.92. The van der Waals surface area contributed by atoms with Gasteiger partial charge in [-0.15, -0.1) is 0 Å². The van der Waals surface area contributed by atoms with Gasteiger partial charge in [-0.05, 0) is 50.2 Å². The van der Waals surface area contributed by atoms with Crippen molar-refractivity contribution in [3.05, 3.63) is 63.9 Å². The monoisotopic (exact) mass is 485 g/mol. The number of hydrogen-bond donors (Lipinski definition) is 1. The van der Waals surface area contributed by atoms with Crippen LogP contribution in [-0.2, 0) is 21.4 Å². The van der Waals surface area contributed by atoms with Gasteiger partial charge in [0, 0.05) is 31.7 Å². The van der Waals surface area contributed by atoms with Crippen LogP contribution in [0, 0.1) is 25.5 Å².